The highest BCUT2D eigenvalue weighted by Gasteiger charge is 2.13. The zero-order chi connectivity index (χ0) is 14.5. The van der Waals surface area contributed by atoms with Gasteiger partial charge >= 0.3 is 0 Å². The van der Waals surface area contributed by atoms with Crippen LogP contribution >= 0.6 is 11.8 Å². The zero-order valence-corrected chi connectivity index (χ0v) is 12.5. The third kappa shape index (κ3) is 3.39. The molecule has 3 N–H and O–H groups in total. The first kappa shape index (κ1) is 15.0. The average Bonchev–Trinajstić information content (AvgIpc) is 2.46. The summed E-state index contributed by atoms with van der Waals surface area (Å²) in [5.74, 6) is 6.48. The molecule has 2 rings (SSSR count). The van der Waals surface area contributed by atoms with Crippen molar-refractivity contribution in [2.45, 2.75) is 24.8 Å². The third-order valence-corrected chi connectivity index (χ3v) is 4.11. The van der Waals surface area contributed by atoms with Crippen LogP contribution in [-0.4, -0.2) is 5.75 Å². The van der Waals surface area contributed by atoms with E-state index in [1.54, 1.807) is 24.8 Å². The molecule has 1 atom stereocenters. The van der Waals surface area contributed by atoms with Crippen molar-refractivity contribution in [3.05, 3.63) is 65.0 Å². The van der Waals surface area contributed by atoms with Gasteiger partial charge in [-0.05, 0) is 47.6 Å². The van der Waals surface area contributed by atoms with Crippen LogP contribution in [0.25, 0.3) is 0 Å². The molecule has 0 aromatic heterocycles. The SMILES string of the molecule is CCSc1ccc(C(NN)c2ccc(C)c(F)c2)cc1. The Morgan fingerprint density at radius 3 is 2.35 bits per heavy atom. The Kier molecular flexibility index (Phi) is 5.17. The molecule has 2 aromatic rings. The van der Waals surface area contributed by atoms with E-state index in [4.69, 9.17) is 5.84 Å². The molecule has 1 unspecified atom stereocenters. The van der Waals surface area contributed by atoms with Crippen molar-refractivity contribution < 1.29 is 4.39 Å². The standard InChI is InChI=1S/C16H19FN2S/c1-3-20-14-8-6-12(7-9-14)16(19-18)13-5-4-11(2)15(17)10-13/h4-10,16,19H,3,18H2,1-2H3. The second-order valence-corrected chi connectivity index (χ2v) is 5.95. The van der Waals surface area contributed by atoms with Gasteiger partial charge in [-0.25, -0.2) is 9.82 Å². The third-order valence-electron chi connectivity index (χ3n) is 3.22. The van der Waals surface area contributed by atoms with Crippen LogP contribution in [0.1, 0.15) is 29.7 Å². The number of benzene rings is 2. The van der Waals surface area contributed by atoms with Gasteiger partial charge in [0, 0.05) is 4.90 Å². The molecule has 0 amide bonds. The lowest BCUT2D eigenvalue weighted by Crippen LogP contribution is -2.28. The second-order valence-electron chi connectivity index (χ2n) is 4.61. The van der Waals surface area contributed by atoms with Crippen molar-refractivity contribution >= 4 is 11.8 Å². The quantitative estimate of drug-likeness (QED) is 0.500. The first-order valence-corrected chi connectivity index (χ1v) is 7.59. The summed E-state index contributed by atoms with van der Waals surface area (Å²) in [4.78, 5) is 1.22. The van der Waals surface area contributed by atoms with Gasteiger partial charge in [0.15, 0.2) is 0 Å². The Labute approximate surface area is 123 Å². The summed E-state index contributed by atoms with van der Waals surface area (Å²) in [6.07, 6.45) is 0. The zero-order valence-electron chi connectivity index (χ0n) is 11.7. The van der Waals surface area contributed by atoms with Crippen molar-refractivity contribution in [3.63, 3.8) is 0 Å². The molecule has 0 bridgehead atoms. The second kappa shape index (κ2) is 6.88. The number of nitrogens with one attached hydrogen (secondary N) is 1. The van der Waals surface area contributed by atoms with Crippen LogP contribution in [-0.2, 0) is 0 Å². The predicted octanol–water partition coefficient (Wildman–Crippen LogP) is 3.80. The van der Waals surface area contributed by atoms with Crippen LogP contribution in [0.4, 0.5) is 4.39 Å². The van der Waals surface area contributed by atoms with Crippen molar-refractivity contribution in [2.75, 3.05) is 5.75 Å². The van der Waals surface area contributed by atoms with Crippen molar-refractivity contribution in [1.82, 2.24) is 5.43 Å². The summed E-state index contributed by atoms with van der Waals surface area (Å²) in [7, 11) is 0. The number of nitrogens with two attached hydrogens (primary N) is 1. The van der Waals surface area contributed by atoms with Crippen LogP contribution < -0.4 is 11.3 Å². The molecule has 0 saturated carbocycles. The molecule has 0 radical (unpaired) electrons. The molecule has 0 aliphatic carbocycles. The van der Waals surface area contributed by atoms with Gasteiger partial charge in [-0.1, -0.05) is 31.2 Å². The Balaban J connectivity index is 2.29. The van der Waals surface area contributed by atoms with Crippen molar-refractivity contribution in [2.24, 2.45) is 5.84 Å². The lowest BCUT2D eigenvalue weighted by Gasteiger charge is -2.17. The van der Waals surface area contributed by atoms with Gasteiger partial charge in [-0.15, -0.1) is 11.8 Å². The number of rotatable bonds is 5. The first-order valence-electron chi connectivity index (χ1n) is 6.60. The number of thioether (sulfide) groups is 1. The highest BCUT2D eigenvalue weighted by atomic mass is 32.2. The van der Waals surface area contributed by atoms with E-state index in [-0.39, 0.29) is 11.9 Å². The highest BCUT2D eigenvalue weighted by Crippen LogP contribution is 2.25. The molecule has 4 heteroatoms. The van der Waals surface area contributed by atoms with Crippen LogP contribution in [0.5, 0.6) is 0 Å². The van der Waals surface area contributed by atoms with E-state index in [1.165, 1.54) is 11.0 Å². The van der Waals surface area contributed by atoms with Crippen LogP contribution in [0.2, 0.25) is 0 Å². The maximum absolute atomic E-state index is 13.7. The maximum Gasteiger partial charge on any atom is 0.126 e. The molecule has 0 aliphatic rings. The minimum Gasteiger partial charge on any atom is -0.271 e. The molecule has 106 valence electrons. The predicted molar refractivity (Wildman–Crippen MR) is 83.1 cm³/mol. The average molecular weight is 290 g/mol. The van der Waals surface area contributed by atoms with Gasteiger partial charge in [0.2, 0.25) is 0 Å². The highest BCUT2D eigenvalue weighted by molar-refractivity contribution is 7.99. The minimum atomic E-state index is -0.207. The number of hydrogen-bond acceptors (Lipinski definition) is 3. The molecular formula is C16H19FN2S. The van der Waals surface area contributed by atoms with E-state index < -0.39 is 0 Å². The molecule has 0 aliphatic heterocycles. The van der Waals surface area contributed by atoms with Gasteiger partial charge in [0.25, 0.3) is 0 Å². The smallest absolute Gasteiger partial charge is 0.126 e. The monoisotopic (exact) mass is 290 g/mol. The van der Waals surface area contributed by atoms with Crippen LogP contribution in [0, 0.1) is 12.7 Å². The molecule has 0 saturated heterocycles. The first-order chi connectivity index (χ1) is 9.65. The molecule has 0 fully saturated rings. The van der Waals surface area contributed by atoms with Gasteiger partial charge in [0.05, 0.1) is 6.04 Å². The van der Waals surface area contributed by atoms with E-state index in [0.29, 0.717) is 5.56 Å². The minimum absolute atomic E-state index is 0.203. The van der Waals surface area contributed by atoms with Gasteiger partial charge in [-0.3, -0.25) is 5.84 Å². The van der Waals surface area contributed by atoms with Gasteiger partial charge < -0.3 is 0 Å². The number of halogens is 1. The Morgan fingerprint density at radius 2 is 1.80 bits per heavy atom. The lowest BCUT2D eigenvalue weighted by molar-refractivity contribution is 0.599. The summed E-state index contributed by atoms with van der Waals surface area (Å²) >= 11 is 1.79. The topological polar surface area (TPSA) is 38.0 Å². The summed E-state index contributed by atoms with van der Waals surface area (Å²) in [5, 5.41) is 0. The van der Waals surface area contributed by atoms with Gasteiger partial charge in [-0.2, -0.15) is 0 Å². The van der Waals surface area contributed by atoms with Crippen molar-refractivity contribution in [1.29, 1.82) is 0 Å². The Bertz CT molecular complexity index is 569. The van der Waals surface area contributed by atoms with E-state index in [1.807, 2.05) is 18.2 Å². The summed E-state index contributed by atoms with van der Waals surface area (Å²) in [6.45, 7) is 3.87. The fourth-order valence-corrected chi connectivity index (χ4v) is 2.76. The largest absolute Gasteiger partial charge is 0.271 e. The Hall–Kier alpha value is -1.36. The normalized spacial score (nSPS) is 12.4. The maximum atomic E-state index is 13.7. The summed E-state index contributed by atoms with van der Waals surface area (Å²) in [6, 6.07) is 13.2. The molecule has 2 aromatic carbocycles. The molecule has 2 nitrogen and oxygen atoms in total. The number of aryl methyl sites for hydroxylation is 1. The van der Waals surface area contributed by atoms with Crippen LogP contribution in [0.3, 0.4) is 0 Å². The van der Waals surface area contributed by atoms with Crippen LogP contribution in [0.15, 0.2) is 47.4 Å². The fraction of sp³-hybridized carbons (Fsp3) is 0.250. The molecule has 0 heterocycles. The van der Waals surface area contributed by atoms with Gasteiger partial charge in [0.1, 0.15) is 5.82 Å². The summed E-state index contributed by atoms with van der Waals surface area (Å²) < 4.78 is 13.7. The summed E-state index contributed by atoms with van der Waals surface area (Å²) in [5.41, 5.74) is 5.25. The fourth-order valence-electron chi connectivity index (χ4n) is 2.10. The van der Waals surface area contributed by atoms with E-state index in [9.17, 15) is 4.39 Å². The molecular weight excluding hydrogens is 271 g/mol. The van der Waals surface area contributed by atoms with E-state index >= 15 is 0 Å². The lowest BCUT2D eigenvalue weighted by atomic mass is 9.98. The molecule has 0 spiro atoms. The van der Waals surface area contributed by atoms with E-state index in [2.05, 4.69) is 24.5 Å². The number of hydrogen-bond donors (Lipinski definition) is 2. The Morgan fingerprint density at radius 1 is 1.15 bits per heavy atom. The number of hydrazine groups is 1. The van der Waals surface area contributed by atoms with Crippen molar-refractivity contribution in [3.8, 4) is 0 Å². The van der Waals surface area contributed by atoms with E-state index in [0.717, 1.165) is 16.9 Å². The molecule has 20 heavy (non-hydrogen) atoms.